The van der Waals surface area contributed by atoms with Gasteiger partial charge in [-0.25, -0.2) is 13.8 Å². The van der Waals surface area contributed by atoms with E-state index in [1.54, 1.807) is 47.5 Å². The monoisotopic (exact) mass is 383 g/mol. The normalized spacial score (nSPS) is 11.1. The van der Waals surface area contributed by atoms with Crippen LogP contribution >= 0.6 is 0 Å². The van der Waals surface area contributed by atoms with Gasteiger partial charge in [-0.1, -0.05) is 36.4 Å². The second-order valence-corrected chi connectivity index (χ2v) is 6.43. The summed E-state index contributed by atoms with van der Waals surface area (Å²) in [6.45, 7) is 0. The minimum Gasteiger partial charge on any atom is -0.287 e. The predicted octanol–water partition coefficient (Wildman–Crippen LogP) is 3.77. The van der Waals surface area contributed by atoms with Crippen molar-refractivity contribution < 1.29 is 4.39 Å². The summed E-state index contributed by atoms with van der Waals surface area (Å²) in [5, 5.41) is 10.6. The first-order chi connectivity index (χ1) is 14.2. The summed E-state index contributed by atoms with van der Waals surface area (Å²) < 4.78 is 17.3. The maximum absolute atomic E-state index is 14.3. The average Bonchev–Trinajstić information content (AvgIpc) is 3.23. The van der Waals surface area contributed by atoms with Crippen LogP contribution in [-0.4, -0.2) is 24.5 Å². The van der Waals surface area contributed by atoms with Crippen LogP contribution in [0.5, 0.6) is 0 Å². The molecule has 140 valence electrons. The van der Waals surface area contributed by atoms with Crippen LogP contribution in [-0.2, 0) is 0 Å². The Morgan fingerprint density at radius 2 is 1.69 bits per heavy atom. The summed E-state index contributed by atoms with van der Waals surface area (Å²) in [5.74, 6) is -0.438. The Kier molecular flexibility index (Phi) is 3.98. The highest BCUT2D eigenvalue weighted by Crippen LogP contribution is 2.23. The van der Waals surface area contributed by atoms with Gasteiger partial charge in [-0.15, -0.1) is 0 Å². The van der Waals surface area contributed by atoms with Gasteiger partial charge in [0, 0.05) is 29.2 Å². The fourth-order valence-electron chi connectivity index (χ4n) is 3.30. The Morgan fingerprint density at radius 3 is 2.59 bits per heavy atom. The zero-order valence-electron chi connectivity index (χ0n) is 15.1. The summed E-state index contributed by atoms with van der Waals surface area (Å²) >= 11 is 0. The molecule has 0 atom stereocenters. The zero-order valence-corrected chi connectivity index (χ0v) is 15.1. The molecule has 0 saturated carbocycles. The van der Waals surface area contributed by atoms with Crippen molar-refractivity contribution in [3.05, 3.63) is 101 Å². The van der Waals surface area contributed by atoms with E-state index in [4.69, 9.17) is 0 Å². The van der Waals surface area contributed by atoms with Crippen molar-refractivity contribution >= 4 is 10.8 Å². The number of para-hydroxylation sites is 1. The SMILES string of the molecule is O=c1ccn(-c2cncc3ccccc23)nc1-c1ccnn1-c1ccccc1F. The number of pyridine rings is 1. The highest BCUT2D eigenvalue weighted by molar-refractivity contribution is 5.88. The Hall–Kier alpha value is -4.13. The van der Waals surface area contributed by atoms with Gasteiger partial charge in [-0.2, -0.15) is 10.2 Å². The number of halogens is 1. The van der Waals surface area contributed by atoms with Gasteiger partial charge in [-0.3, -0.25) is 9.78 Å². The second kappa shape index (κ2) is 6.79. The van der Waals surface area contributed by atoms with E-state index in [1.807, 2.05) is 24.3 Å². The molecule has 0 fully saturated rings. The molecule has 2 aromatic carbocycles. The lowest BCUT2D eigenvalue weighted by molar-refractivity contribution is 0.611. The van der Waals surface area contributed by atoms with Crippen molar-refractivity contribution in [3.8, 4) is 22.8 Å². The van der Waals surface area contributed by atoms with E-state index in [1.165, 1.54) is 23.0 Å². The minimum absolute atomic E-state index is 0.168. The molecule has 6 nitrogen and oxygen atoms in total. The van der Waals surface area contributed by atoms with Crippen LogP contribution in [0.3, 0.4) is 0 Å². The van der Waals surface area contributed by atoms with Crippen molar-refractivity contribution in [1.82, 2.24) is 24.5 Å². The van der Waals surface area contributed by atoms with Gasteiger partial charge in [-0.05, 0) is 18.2 Å². The Bertz CT molecular complexity index is 1400. The van der Waals surface area contributed by atoms with Crippen LogP contribution in [0.15, 0.2) is 90.2 Å². The number of benzene rings is 2. The number of hydrogen-bond acceptors (Lipinski definition) is 4. The highest BCUT2D eigenvalue weighted by atomic mass is 19.1. The van der Waals surface area contributed by atoms with E-state index in [2.05, 4.69) is 15.2 Å². The summed E-state index contributed by atoms with van der Waals surface area (Å²) in [7, 11) is 0. The van der Waals surface area contributed by atoms with E-state index in [0.29, 0.717) is 5.69 Å². The smallest absolute Gasteiger partial charge is 0.209 e. The summed E-state index contributed by atoms with van der Waals surface area (Å²) in [6, 6.07) is 17.1. The number of nitrogens with zero attached hydrogens (tertiary/aromatic N) is 5. The van der Waals surface area contributed by atoms with Gasteiger partial charge < -0.3 is 0 Å². The molecule has 0 N–H and O–H groups in total. The lowest BCUT2D eigenvalue weighted by Crippen LogP contribution is -2.15. The van der Waals surface area contributed by atoms with E-state index in [9.17, 15) is 9.18 Å². The topological polar surface area (TPSA) is 65.6 Å². The Morgan fingerprint density at radius 1 is 0.862 bits per heavy atom. The Balaban J connectivity index is 1.71. The van der Waals surface area contributed by atoms with E-state index >= 15 is 0 Å². The molecule has 0 aliphatic rings. The molecule has 29 heavy (non-hydrogen) atoms. The second-order valence-electron chi connectivity index (χ2n) is 6.43. The molecule has 5 aromatic rings. The number of hydrogen-bond donors (Lipinski definition) is 0. The third-order valence-electron chi connectivity index (χ3n) is 4.67. The van der Waals surface area contributed by atoms with Crippen molar-refractivity contribution in [2.45, 2.75) is 0 Å². The summed E-state index contributed by atoms with van der Waals surface area (Å²) in [4.78, 5) is 16.9. The number of rotatable bonds is 3. The van der Waals surface area contributed by atoms with Crippen LogP contribution in [0.2, 0.25) is 0 Å². The quantitative estimate of drug-likeness (QED) is 0.476. The third-order valence-corrected chi connectivity index (χ3v) is 4.67. The fourth-order valence-corrected chi connectivity index (χ4v) is 3.30. The van der Waals surface area contributed by atoms with E-state index < -0.39 is 5.82 Å². The average molecular weight is 383 g/mol. The zero-order chi connectivity index (χ0) is 19.8. The van der Waals surface area contributed by atoms with E-state index in [0.717, 1.165) is 16.5 Å². The minimum atomic E-state index is -0.438. The van der Waals surface area contributed by atoms with Crippen molar-refractivity contribution in [2.75, 3.05) is 0 Å². The Labute approximate surface area is 164 Å². The lowest BCUT2D eigenvalue weighted by atomic mass is 10.1. The van der Waals surface area contributed by atoms with Crippen LogP contribution in [0.25, 0.3) is 33.5 Å². The predicted molar refractivity (Wildman–Crippen MR) is 108 cm³/mol. The molecule has 0 bridgehead atoms. The maximum atomic E-state index is 14.3. The molecule has 3 aromatic heterocycles. The van der Waals surface area contributed by atoms with Crippen molar-refractivity contribution in [1.29, 1.82) is 0 Å². The first-order valence-corrected chi connectivity index (χ1v) is 8.95. The molecule has 0 aliphatic carbocycles. The molecule has 3 heterocycles. The molecule has 7 heteroatoms. The highest BCUT2D eigenvalue weighted by Gasteiger charge is 2.16. The molecule has 0 radical (unpaired) electrons. The maximum Gasteiger partial charge on any atom is 0.209 e. The molecule has 0 saturated heterocycles. The molecule has 0 amide bonds. The van der Waals surface area contributed by atoms with Gasteiger partial charge >= 0.3 is 0 Å². The number of fused-ring (bicyclic) bond motifs is 1. The molecule has 0 aliphatic heterocycles. The third kappa shape index (κ3) is 2.89. The first kappa shape index (κ1) is 17.0. The molecular formula is C22H14FN5O. The molecule has 5 rings (SSSR count). The van der Waals surface area contributed by atoms with Gasteiger partial charge in [0.15, 0.2) is 5.69 Å². The lowest BCUT2D eigenvalue weighted by Gasteiger charge is -2.11. The van der Waals surface area contributed by atoms with Crippen LogP contribution in [0, 0.1) is 5.82 Å². The standard InChI is InChI=1S/C22H14FN5O/c23-17-7-3-4-8-18(17)28-19(9-11-25-28)22-21(29)10-12-27(26-22)20-14-24-13-15-5-1-2-6-16(15)20/h1-14H. The summed E-state index contributed by atoms with van der Waals surface area (Å²) in [5.41, 5.74) is 1.27. The van der Waals surface area contributed by atoms with Crippen molar-refractivity contribution in [2.24, 2.45) is 0 Å². The first-order valence-electron chi connectivity index (χ1n) is 8.95. The fraction of sp³-hybridized carbons (Fsp3) is 0. The summed E-state index contributed by atoms with van der Waals surface area (Å²) in [6.07, 6.45) is 6.58. The molecule has 0 spiro atoms. The van der Waals surface area contributed by atoms with Gasteiger partial charge in [0.1, 0.15) is 11.5 Å². The van der Waals surface area contributed by atoms with Gasteiger partial charge in [0.05, 0.1) is 23.8 Å². The number of aromatic nitrogens is 5. The van der Waals surface area contributed by atoms with Crippen LogP contribution < -0.4 is 5.43 Å². The van der Waals surface area contributed by atoms with Crippen molar-refractivity contribution in [3.63, 3.8) is 0 Å². The van der Waals surface area contributed by atoms with E-state index in [-0.39, 0.29) is 16.8 Å². The van der Waals surface area contributed by atoms with Gasteiger partial charge in [0.2, 0.25) is 5.43 Å². The molecule has 0 unspecified atom stereocenters. The molecular weight excluding hydrogens is 369 g/mol. The largest absolute Gasteiger partial charge is 0.287 e. The van der Waals surface area contributed by atoms with Crippen LogP contribution in [0.4, 0.5) is 4.39 Å². The van der Waals surface area contributed by atoms with Gasteiger partial charge in [0.25, 0.3) is 0 Å². The van der Waals surface area contributed by atoms with Crippen LogP contribution in [0.1, 0.15) is 0 Å².